The second-order valence-electron chi connectivity index (χ2n) is 5.81. The molecule has 1 aromatic rings. The molecule has 2 heterocycles. The SMILES string of the molecule is CN1CC[C@@H]2CN(C(=O)CCOc3ccccc3)C[C@@H]21. The van der Waals surface area contributed by atoms with E-state index in [1.54, 1.807) is 0 Å². The third-order valence-electron chi connectivity index (χ3n) is 4.51. The van der Waals surface area contributed by atoms with Crippen LogP contribution in [0.1, 0.15) is 12.8 Å². The molecule has 3 rings (SSSR count). The van der Waals surface area contributed by atoms with Crippen molar-refractivity contribution in [2.75, 3.05) is 33.3 Å². The number of hydrogen-bond acceptors (Lipinski definition) is 3. The van der Waals surface area contributed by atoms with Crippen LogP contribution in [0.2, 0.25) is 0 Å². The summed E-state index contributed by atoms with van der Waals surface area (Å²) >= 11 is 0. The van der Waals surface area contributed by atoms with Gasteiger partial charge in [0, 0.05) is 19.1 Å². The molecule has 1 aromatic carbocycles. The predicted octanol–water partition coefficient (Wildman–Crippen LogP) is 1.62. The Balaban J connectivity index is 1.44. The first-order valence-electron chi connectivity index (χ1n) is 7.40. The molecular formula is C16H22N2O2. The van der Waals surface area contributed by atoms with Gasteiger partial charge in [-0.3, -0.25) is 4.79 Å². The fourth-order valence-electron chi connectivity index (χ4n) is 3.31. The van der Waals surface area contributed by atoms with Crippen LogP contribution < -0.4 is 4.74 Å². The molecule has 2 aliphatic heterocycles. The maximum absolute atomic E-state index is 12.2. The van der Waals surface area contributed by atoms with Gasteiger partial charge in [-0.2, -0.15) is 0 Å². The molecule has 2 saturated heterocycles. The minimum Gasteiger partial charge on any atom is -0.493 e. The zero-order valence-corrected chi connectivity index (χ0v) is 12.0. The number of nitrogens with zero attached hydrogens (tertiary/aromatic N) is 2. The van der Waals surface area contributed by atoms with E-state index < -0.39 is 0 Å². The zero-order chi connectivity index (χ0) is 13.9. The van der Waals surface area contributed by atoms with Crippen molar-refractivity contribution in [2.45, 2.75) is 18.9 Å². The van der Waals surface area contributed by atoms with E-state index in [1.165, 1.54) is 13.0 Å². The van der Waals surface area contributed by atoms with Crippen molar-refractivity contribution >= 4 is 5.91 Å². The lowest BCUT2D eigenvalue weighted by atomic mass is 10.1. The highest BCUT2D eigenvalue weighted by molar-refractivity contribution is 5.76. The quantitative estimate of drug-likeness (QED) is 0.836. The van der Waals surface area contributed by atoms with Gasteiger partial charge in [0.15, 0.2) is 0 Å². The van der Waals surface area contributed by atoms with Gasteiger partial charge in [0.05, 0.1) is 13.0 Å². The summed E-state index contributed by atoms with van der Waals surface area (Å²) in [5.41, 5.74) is 0. The number of fused-ring (bicyclic) bond motifs is 1. The molecule has 0 spiro atoms. The Morgan fingerprint density at radius 1 is 1.30 bits per heavy atom. The van der Waals surface area contributed by atoms with Crippen molar-refractivity contribution in [3.05, 3.63) is 30.3 Å². The zero-order valence-electron chi connectivity index (χ0n) is 12.0. The summed E-state index contributed by atoms with van der Waals surface area (Å²) in [4.78, 5) is 16.6. The van der Waals surface area contributed by atoms with E-state index in [0.29, 0.717) is 25.0 Å². The molecule has 0 unspecified atom stereocenters. The van der Waals surface area contributed by atoms with Gasteiger partial charge in [0.1, 0.15) is 5.75 Å². The van der Waals surface area contributed by atoms with Crippen LogP contribution >= 0.6 is 0 Å². The molecular weight excluding hydrogens is 252 g/mol. The van der Waals surface area contributed by atoms with Gasteiger partial charge < -0.3 is 14.5 Å². The number of ether oxygens (including phenoxy) is 1. The van der Waals surface area contributed by atoms with Crippen LogP contribution in [0.5, 0.6) is 5.75 Å². The van der Waals surface area contributed by atoms with E-state index in [0.717, 1.165) is 18.8 Å². The van der Waals surface area contributed by atoms with E-state index in [9.17, 15) is 4.79 Å². The first-order chi connectivity index (χ1) is 9.74. The molecule has 4 nitrogen and oxygen atoms in total. The lowest BCUT2D eigenvalue weighted by molar-refractivity contribution is -0.131. The average molecular weight is 274 g/mol. The highest BCUT2D eigenvalue weighted by Crippen LogP contribution is 2.30. The second-order valence-corrected chi connectivity index (χ2v) is 5.81. The van der Waals surface area contributed by atoms with Gasteiger partial charge in [0.25, 0.3) is 0 Å². The van der Waals surface area contributed by atoms with Crippen LogP contribution in [0.3, 0.4) is 0 Å². The molecule has 0 aromatic heterocycles. The van der Waals surface area contributed by atoms with Crippen LogP contribution in [-0.4, -0.2) is 55.0 Å². The van der Waals surface area contributed by atoms with Crippen molar-refractivity contribution in [1.29, 1.82) is 0 Å². The molecule has 108 valence electrons. The topological polar surface area (TPSA) is 32.8 Å². The second kappa shape index (κ2) is 5.83. The van der Waals surface area contributed by atoms with Crippen LogP contribution in [0.15, 0.2) is 30.3 Å². The van der Waals surface area contributed by atoms with Gasteiger partial charge in [-0.15, -0.1) is 0 Å². The fourth-order valence-corrected chi connectivity index (χ4v) is 3.31. The van der Waals surface area contributed by atoms with Crippen molar-refractivity contribution in [3.8, 4) is 5.75 Å². The smallest absolute Gasteiger partial charge is 0.226 e. The average Bonchev–Trinajstić information content (AvgIpc) is 3.03. The van der Waals surface area contributed by atoms with E-state index in [1.807, 2.05) is 35.2 Å². The van der Waals surface area contributed by atoms with Gasteiger partial charge in [0.2, 0.25) is 5.91 Å². The van der Waals surface area contributed by atoms with Crippen LogP contribution in [-0.2, 0) is 4.79 Å². The van der Waals surface area contributed by atoms with Crippen molar-refractivity contribution in [2.24, 2.45) is 5.92 Å². The molecule has 0 aliphatic carbocycles. The Kier molecular flexibility index (Phi) is 3.92. The first kappa shape index (κ1) is 13.4. The minimum atomic E-state index is 0.226. The molecule has 1 amide bonds. The summed E-state index contributed by atoms with van der Waals surface area (Å²) in [5.74, 6) is 1.74. The van der Waals surface area contributed by atoms with Gasteiger partial charge in [-0.05, 0) is 38.1 Å². The lowest BCUT2D eigenvalue weighted by Gasteiger charge is -2.20. The summed E-state index contributed by atoms with van der Waals surface area (Å²) in [6.07, 6.45) is 1.70. The molecule has 2 aliphatic rings. The summed E-state index contributed by atoms with van der Waals surface area (Å²) in [6.45, 7) is 3.46. The van der Waals surface area contributed by atoms with E-state index in [2.05, 4.69) is 11.9 Å². The highest BCUT2D eigenvalue weighted by Gasteiger charge is 2.40. The molecule has 20 heavy (non-hydrogen) atoms. The predicted molar refractivity (Wildman–Crippen MR) is 77.7 cm³/mol. The molecule has 2 fully saturated rings. The summed E-state index contributed by atoms with van der Waals surface area (Å²) in [5, 5.41) is 0. The lowest BCUT2D eigenvalue weighted by Crippen LogP contribution is -2.35. The standard InChI is InChI=1S/C16H22N2O2/c1-17-9-7-13-11-18(12-15(13)17)16(19)8-10-20-14-5-3-2-4-6-14/h2-6,13,15H,7-12H2,1H3/t13-,15+/m1/s1. The molecule has 4 heteroatoms. The number of amides is 1. The van der Waals surface area contributed by atoms with E-state index >= 15 is 0 Å². The largest absolute Gasteiger partial charge is 0.493 e. The first-order valence-corrected chi connectivity index (χ1v) is 7.40. The maximum atomic E-state index is 12.2. The Bertz CT molecular complexity index is 463. The number of para-hydroxylation sites is 1. The van der Waals surface area contributed by atoms with Crippen molar-refractivity contribution in [1.82, 2.24) is 9.80 Å². The van der Waals surface area contributed by atoms with Crippen molar-refractivity contribution < 1.29 is 9.53 Å². The normalized spacial score (nSPS) is 25.8. The summed E-state index contributed by atoms with van der Waals surface area (Å²) < 4.78 is 5.59. The number of likely N-dealkylation sites (N-methyl/N-ethyl adjacent to an activating group) is 1. The van der Waals surface area contributed by atoms with Gasteiger partial charge >= 0.3 is 0 Å². The van der Waals surface area contributed by atoms with Crippen molar-refractivity contribution in [3.63, 3.8) is 0 Å². The number of hydrogen-bond donors (Lipinski definition) is 0. The number of rotatable bonds is 4. The Morgan fingerprint density at radius 3 is 2.85 bits per heavy atom. The van der Waals surface area contributed by atoms with Crippen LogP contribution in [0, 0.1) is 5.92 Å². The Morgan fingerprint density at radius 2 is 2.10 bits per heavy atom. The number of carbonyl (C=O) groups is 1. The molecule has 0 N–H and O–H groups in total. The Labute approximate surface area is 120 Å². The molecule has 2 atom stereocenters. The fraction of sp³-hybridized carbons (Fsp3) is 0.562. The van der Waals surface area contributed by atoms with E-state index in [4.69, 9.17) is 4.74 Å². The van der Waals surface area contributed by atoms with Crippen LogP contribution in [0.25, 0.3) is 0 Å². The molecule has 0 radical (unpaired) electrons. The third kappa shape index (κ3) is 2.80. The van der Waals surface area contributed by atoms with Gasteiger partial charge in [-0.1, -0.05) is 18.2 Å². The maximum Gasteiger partial charge on any atom is 0.226 e. The van der Waals surface area contributed by atoms with E-state index in [-0.39, 0.29) is 5.91 Å². The molecule has 0 saturated carbocycles. The number of likely N-dealkylation sites (tertiary alicyclic amines) is 2. The monoisotopic (exact) mass is 274 g/mol. The summed E-state index contributed by atoms with van der Waals surface area (Å²) in [7, 11) is 2.16. The number of benzene rings is 1. The third-order valence-corrected chi connectivity index (χ3v) is 4.51. The van der Waals surface area contributed by atoms with Crippen LogP contribution in [0.4, 0.5) is 0 Å². The summed E-state index contributed by atoms with van der Waals surface area (Å²) in [6, 6.07) is 10.2. The van der Waals surface area contributed by atoms with Gasteiger partial charge in [-0.25, -0.2) is 0 Å². The highest BCUT2D eigenvalue weighted by atomic mass is 16.5. The number of carbonyl (C=O) groups excluding carboxylic acids is 1. The molecule has 0 bridgehead atoms. The minimum absolute atomic E-state index is 0.226. The Hall–Kier alpha value is -1.55.